The SMILES string of the molecule is CCS(=O)(=O)c1c(N2Cc3ccccc3C2=O)nc2ccc(C(F)(F)F)cn12. The molecule has 0 saturated carbocycles. The number of amides is 1. The summed E-state index contributed by atoms with van der Waals surface area (Å²) in [5.74, 6) is -0.955. The normalized spacial score (nSPS) is 14.7. The van der Waals surface area contributed by atoms with Gasteiger partial charge in [0.05, 0.1) is 17.9 Å². The van der Waals surface area contributed by atoms with Gasteiger partial charge in [0, 0.05) is 11.8 Å². The van der Waals surface area contributed by atoms with Crippen molar-refractivity contribution in [3.63, 3.8) is 0 Å². The molecule has 0 atom stereocenters. The fraction of sp³-hybridized carbons (Fsp3) is 0.222. The molecule has 1 amide bonds. The number of carbonyl (C=O) groups is 1. The molecule has 1 aliphatic heterocycles. The number of halogens is 3. The summed E-state index contributed by atoms with van der Waals surface area (Å²) in [5.41, 5.74) is 0.113. The monoisotopic (exact) mass is 409 g/mol. The molecule has 4 rings (SSSR count). The molecule has 0 N–H and O–H groups in total. The lowest BCUT2D eigenvalue weighted by Gasteiger charge is -2.15. The highest BCUT2D eigenvalue weighted by Crippen LogP contribution is 2.35. The Morgan fingerprint density at radius 3 is 2.50 bits per heavy atom. The van der Waals surface area contributed by atoms with Crippen LogP contribution in [0.4, 0.5) is 19.0 Å². The van der Waals surface area contributed by atoms with Crippen LogP contribution in [-0.2, 0) is 22.6 Å². The third-order valence-electron chi connectivity index (χ3n) is 4.64. The average molecular weight is 409 g/mol. The molecule has 0 radical (unpaired) electrons. The number of carbonyl (C=O) groups excluding carboxylic acids is 1. The van der Waals surface area contributed by atoms with E-state index in [-0.39, 0.29) is 23.8 Å². The van der Waals surface area contributed by atoms with Crippen molar-refractivity contribution in [2.45, 2.75) is 24.7 Å². The molecule has 28 heavy (non-hydrogen) atoms. The van der Waals surface area contributed by atoms with Gasteiger partial charge in [0.2, 0.25) is 0 Å². The van der Waals surface area contributed by atoms with E-state index in [0.717, 1.165) is 16.5 Å². The molecule has 0 bridgehead atoms. The van der Waals surface area contributed by atoms with Gasteiger partial charge in [-0.15, -0.1) is 0 Å². The highest BCUT2D eigenvalue weighted by molar-refractivity contribution is 7.91. The highest BCUT2D eigenvalue weighted by Gasteiger charge is 2.37. The van der Waals surface area contributed by atoms with Gasteiger partial charge in [0.1, 0.15) is 5.65 Å². The molecular formula is C18H14F3N3O3S. The third-order valence-corrected chi connectivity index (χ3v) is 6.37. The van der Waals surface area contributed by atoms with E-state index in [0.29, 0.717) is 17.3 Å². The summed E-state index contributed by atoms with van der Waals surface area (Å²) in [5, 5.41) is -0.419. The maximum atomic E-state index is 13.1. The minimum absolute atomic E-state index is 0.0128. The Morgan fingerprint density at radius 1 is 1.14 bits per heavy atom. The molecule has 146 valence electrons. The van der Waals surface area contributed by atoms with Gasteiger partial charge in [-0.3, -0.25) is 14.1 Å². The molecule has 3 aromatic rings. The van der Waals surface area contributed by atoms with E-state index in [1.165, 1.54) is 11.8 Å². The maximum absolute atomic E-state index is 13.1. The van der Waals surface area contributed by atoms with E-state index >= 15 is 0 Å². The van der Waals surface area contributed by atoms with Crippen molar-refractivity contribution in [2.75, 3.05) is 10.7 Å². The third kappa shape index (κ3) is 2.75. The van der Waals surface area contributed by atoms with E-state index in [2.05, 4.69) is 4.98 Å². The minimum Gasteiger partial charge on any atom is -0.288 e. The Hall–Kier alpha value is -2.88. The van der Waals surface area contributed by atoms with Gasteiger partial charge in [-0.25, -0.2) is 13.4 Å². The summed E-state index contributed by atoms with van der Waals surface area (Å²) < 4.78 is 65.7. The summed E-state index contributed by atoms with van der Waals surface area (Å²) in [6, 6.07) is 8.70. The lowest BCUT2D eigenvalue weighted by atomic mass is 10.1. The predicted octanol–water partition coefficient (Wildman–Crippen LogP) is 3.31. The van der Waals surface area contributed by atoms with Gasteiger partial charge in [0.25, 0.3) is 5.91 Å². The molecular weight excluding hydrogens is 395 g/mol. The lowest BCUT2D eigenvalue weighted by molar-refractivity contribution is -0.137. The first-order valence-electron chi connectivity index (χ1n) is 8.35. The largest absolute Gasteiger partial charge is 0.417 e. The smallest absolute Gasteiger partial charge is 0.288 e. The molecule has 1 aromatic carbocycles. The van der Waals surface area contributed by atoms with Gasteiger partial charge >= 0.3 is 6.18 Å². The molecule has 3 heterocycles. The number of anilines is 1. The first-order chi connectivity index (χ1) is 13.1. The van der Waals surface area contributed by atoms with Crippen LogP contribution in [0.3, 0.4) is 0 Å². The summed E-state index contributed by atoms with van der Waals surface area (Å²) in [6.45, 7) is 1.48. The van der Waals surface area contributed by atoms with Crippen LogP contribution >= 0.6 is 0 Å². The number of hydrogen-bond acceptors (Lipinski definition) is 4. The van der Waals surface area contributed by atoms with Crippen molar-refractivity contribution in [3.8, 4) is 0 Å². The Balaban J connectivity index is 1.97. The lowest BCUT2D eigenvalue weighted by Crippen LogP contribution is -2.25. The molecule has 6 nitrogen and oxygen atoms in total. The van der Waals surface area contributed by atoms with E-state index in [1.54, 1.807) is 24.3 Å². The number of sulfone groups is 1. The standard InChI is InChI=1S/C18H14F3N3O3S/c1-2-28(26,27)17-15(24-9-11-5-3-4-6-13(11)16(24)25)22-14-8-7-12(10-23(14)17)18(19,20)21/h3-8,10H,2,9H2,1H3. The van der Waals surface area contributed by atoms with Crippen LogP contribution in [0, 0.1) is 0 Å². The van der Waals surface area contributed by atoms with E-state index in [4.69, 9.17) is 0 Å². The number of aromatic nitrogens is 2. The van der Waals surface area contributed by atoms with E-state index in [9.17, 15) is 26.4 Å². The number of fused-ring (bicyclic) bond motifs is 2. The molecule has 0 spiro atoms. The highest BCUT2D eigenvalue weighted by atomic mass is 32.2. The van der Waals surface area contributed by atoms with E-state index < -0.39 is 32.5 Å². The van der Waals surface area contributed by atoms with Gasteiger partial charge in [-0.2, -0.15) is 13.2 Å². The summed E-state index contributed by atoms with van der Waals surface area (Å²) in [7, 11) is -3.98. The van der Waals surface area contributed by atoms with Gasteiger partial charge in [-0.1, -0.05) is 25.1 Å². The van der Waals surface area contributed by atoms with Crippen molar-refractivity contribution in [2.24, 2.45) is 0 Å². The zero-order valence-electron chi connectivity index (χ0n) is 14.6. The molecule has 0 fully saturated rings. The molecule has 0 aliphatic carbocycles. The molecule has 2 aromatic heterocycles. The quantitative estimate of drug-likeness (QED) is 0.666. The number of pyridine rings is 1. The Kier molecular flexibility index (Phi) is 4.00. The van der Waals surface area contributed by atoms with Crippen molar-refractivity contribution in [1.29, 1.82) is 0 Å². The molecule has 0 unspecified atom stereocenters. The predicted molar refractivity (Wildman–Crippen MR) is 94.9 cm³/mol. The number of nitrogens with zero attached hydrogens (tertiary/aromatic N) is 3. The van der Waals surface area contributed by atoms with Crippen LogP contribution in [0.5, 0.6) is 0 Å². The molecule has 1 aliphatic rings. The van der Waals surface area contributed by atoms with E-state index in [1.807, 2.05) is 0 Å². The summed E-state index contributed by atoms with van der Waals surface area (Å²) in [6.07, 6.45) is -3.95. The van der Waals surface area contributed by atoms with Crippen LogP contribution in [0.15, 0.2) is 47.6 Å². The Labute approximate surface area is 158 Å². The van der Waals surface area contributed by atoms with Crippen molar-refractivity contribution in [3.05, 3.63) is 59.3 Å². The first-order valence-corrected chi connectivity index (χ1v) is 10.0. The molecule has 10 heteroatoms. The van der Waals surface area contributed by atoms with Crippen molar-refractivity contribution in [1.82, 2.24) is 9.38 Å². The topological polar surface area (TPSA) is 71.8 Å². The van der Waals surface area contributed by atoms with Crippen LogP contribution < -0.4 is 4.90 Å². The fourth-order valence-corrected chi connectivity index (χ4v) is 4.36. The second-order valence-corrected chi connectivity index (χ2v) is 8.53. The Bertz CT molecular complexity index is 1220. The Morgan fingerprint density at radius 2 is 1.86 bits per heavy atom. The van der Waals surface area contributed by atoms with Gasteiger partial charge < -0.3 is 0 Å². The number of hydrogen-bond donors (Lipinski definition) is 0. The van der Waals surface area contributed by atoms with Gasteiger partial charge in [0.15, 0.2) is 20.7 Å². The van der Waals surface area contributed by atoms with Crippen LogP contribution in [0.1, 0.15) is 28.4 Å². The second kappa shape index (κ2) is 6.06. The number of rotatable bonds is 3. The van der Waals surface area contributed by atoms with Crippen LogP contribution in [0.25, 0.3) is 5.65 Å². The average Bonchev–Trinajstić information content (AvgIpc) is 3.19. The van der Waals surface area contributed by atoms with Crippen LogP contribution in [-0.4, -0.2) is 29.5 Å². The van der Waals surface area contributed by atoms with Crippen molar-refractivity contribution < 1.29 is 26.4 Å². The second-order valence-electron chi connectivity index (χ2n) is 6.34. The first kappa shape index (κ1) is 18.5. The number of imidazole rings is 1. The zero-order valence-corrected chi connectivity index (χ0v) is 15.4. The van der Waals surface area contributed by atoms with Gasteiger partial charge in [-0.05, 0) is 23.8 Å². The fourth-order valence-electron chi connectivity index (χ4n) is 3.21. The minimum atomic E-state index is -4.65. The number of benzene rings is 1. The van der Waals surface area contributed by atoms with Crippen LogP contribution in [0.2, 0.25) is 0 Å². The van der Waals surface area contributed by atoms with Crippen molar-refractivity contribution >= 4 is 27.2 Å². The zero-order chi connectivity index (χ0) is 20.3. The maximum Gasteiger partial charge on any atom is 0.417 e. The molecule has 0 saturated heterocycles. The summed E-state index contributed by atoms with van der Waals surface area (Å²) >= 11 is 0. The summed E-state index contributed by atoms with van der Waals surface area (Å²) in [4.78, 5) is 18.1. The number of alkyl halides is 3.